The average molecular weight is 386 g/mol. The molecule has 0 bridgehead atoms. The van der Waals surface area contributed by atoms with Gasteiger partial charge in [-0.2, -0.15) is 4.58 Å². The van der Waals surface area contributed by atoms with Crippen molar-refractivity contribution < 1.29 is 18.3 Å². The number of carbonyl (C=O) groups excluding carboxylic acids is 1. The number of benzene rings is 1. The molecule has 0 N–H and O–H groups in total. The summed E-state index contributed by atoms with van der Waals surface area (Å²) in [4.78, 5) is 5.91. The summed E-state index contributed by atoms with van der Waals surface area (Å²) in [6.07, 6.45) is 1.81. The van der Waals surface area contributed by atoms with Crippen molar-refractivity contribution in [2.24, 2.45) is 7.05 Å². The van der Waals surface area contributed by atoms with Gasteiger partial charge in [-0.25, -0.2) is 13.4 Å². The van der Waals surface area contributed by atoms with Crippen LogP contribution in [0.15, 0.2) is 35.6 Å². The zero-order valence-electron chi connectivity index (χ0n) is 14.3. The van der Waals surface area contributed by atoms with Crippen LogP contribution in [0.1, 0.15) is 22.3 Å². The van der Waals surface area contributed by atoms with Crippen LogP contribution in [-0.2, 0) is 16.9 Å². The summed E-state index contributed by atoms with van der Waals surface area (Å²) in [6.45, 7) is 0.655. The Morgan fingerprint density at radius 1 is 1.32 bits per heavy atom. The molecular formula is C16H20ClN3O4S. The maximum absolute atomic E-state index is 12.5. The van der Waals surface area contributed by atoms with E-state index in [1.807, 2.05) is 19.0 Å². The molecule has 0 saturated carbocycles. The highest BCUT2D eigenvalue weighted by molar-refractivity contribution is 7.91. The van der Waals surface area contributed by atoms with Gasteiger partial charge >= 0.3 is 5.78 Å². The lowest BCUT2D eigenvalue weighted by atomic mass is 10.1. The molecule has 0 spiro atoms. The van der Waals surface area contributed by atoms with E-state index >= 15 is 0 Å². The number of hydrogen-bond donors (Lipinski definition) is 0. The number of aromatic nitrogens is 2. The molecule has 0 aliphatic heterocycles. The third kappa shape index (κ3) is 4.59. The quantitative estimate of drug-likeness (QED) is 0.305. The van der Waals surface area contributed by atoms with Crippen molar-refractivity contribution in [3.8, 4) is 0 Å². The third-order valence-corrected chi connectivity index (χ3v) is 5.68. The van der Waals surface area contributed by atoms with E-state index in [0.717, 1.165) is 0 Å². The number of ketones is 1. The molecule has 0 fully saturated rings. The van der Waals surface area contributed by atoms with Crippen LogP contribution in [-0.4, -0.2) is 55.0 Å². The Kier molecular flexibility index (Phi) is 6.21. The van der Waals surface area contributed by atoms with E-state index in [1.165, 1.54) is 17.8 Å². The Bertz CT molecular complexity index is 858. The predicted molar refractivity (Wildman–Crippen MR) is 93.3 cm³/mol. The van der Waals surface area contributed by atoms with E-state index in [4.69, 9.17) is 11.6 Å². The van der Waals surface area contributed by atoms with E-state index in [0.29, 0.717) is 23.6 Å². The smallest absolute Gasteiger partial charge is 0.408 e. The fourth-order valence-electron chi connectivity index (χ4n) is 2.39. The number of nitrogens with zero attached hydrogens (tertiary/aromatic N) is 3. The van der Waals surface area contributed by atoms with Gasteiger partial charge in [-0.05, 0) is 51.3 Å². The molecule has 1 heterocycles. The second-order valence-electron chi connectivity index (χ2n) is 5.88. The molecule has 0 aliphatic rings. The Balaban J connectivity index is 2.32. The molecule has 0 radical (unpaired) electrons. The van der Waals surface area contributed by atoms with Gasteiger partial charge in [0.1, 0.15) is 0 Å². The Morgan fingerprint density at radius 2 is 1.96 bits per heavy atom. The van der Waals surface area contributed by atoms with Crippen molar-refractivity contribution in [2.75, 3.05) is 26.4 Å². The van der Waals surface area contributed by atoms with Crippen molar-refractivity contribution in [1.29, 1.82) is 0 Å². The minimum atomic E-state index is -3.56. The van der Waals surface area contributed by atoms with Crippen molar-refractivity contribution in [3.05, 3.63) is 46.7 Å². The summed E-state index contributed by atoms with van der Waals surface area (Å²) in [5, 5.41) is 11.6. The normalized spacial score (nSPS) is 12.8. The molecule has 7 nitrogen and oxygen atoms in total. The third-order valence-electron chi connectivity index (χ3n) is 3.66. The SMILES string of the molecule is CN(C)CCCS(=O)(=O)c1ncc(C(=[O+][O-])c2ccc(Cl)cc2)n1C. The first-order chi connectivity index (χ1) is 11.8. The zero-order valence-corrected chi connectivity index (χ0v) is 15.8. The summed E-state index contributed by atoms with van der Waals surface area (Å²) in [7, 11) is 1.73. The van der Waals surface area contributed by atoms with Gasteiger partial charge < -0.3 is 14.7 Å². The molecule has 0 amide bonds. The van der Waals surface area contributed by atoms with Gasteiger partial charge in [0.05, 0.1) is 17.5 Å². The lowest BCUT2D eigenvalue weighted by Crippen LogP contribution is -2.20. The molecule has 0 saturated heterocycles. The highest BCUT2D eigenvalue weighted by Crippen LogP contribution is 2.18. The summed E-state index contributed by atoms with van der Waals surface area (Å²) in [5.74, 6) is -0.0364. The van der Waals surface area contributed by atoms with E-state index in [2.05, 4.69) is 9.56 Å². The summed E-state index contributed by atoms with van der Waals surface area (Å²) >= 11 is 5.84. The van der Waals surface area contributed by atoms with Gasteiger partial charge in [0.15, 0.2) is 5.69 Å². The molecule has 1 aromatic heterocycles. The van der Waals surface area contributed by atoms with Gasteiger partial charge in [0.25, 0.3) is 0 Å². The number of rotatable bonds is 7. The topological polar surface area (TPSA) is 89.6 Å². The van der Waals surface area contributed by atoms with Crippen molar-refractivity contribution in [1.82, 2.24) is 14.5 Å². The Morgan fingerprint density at radius 3 is 2.52 bits per heavy atom. The van der Waals surface area contributed by atoms with Gasteiger partial charge in [-0.3, -0.25) is 0 Å². The van der Waals surface area contributed by atoms with Crippen molar-refractivity contribution in [2.45, 2.75) is 11.6 Å². The van der Waals surface area contributed by atoms with Crippen molar-refractivity contribution in [3.63, 3.8) is 0 Å². The lowest BCUT2D eigenvalue weighted by Gasteiger charge is -2.09. The van der Waals surface area contributed by atoms with Crippen LogP contribution in [0.3, 0.4) is 0 Å². The molecule has 1 aromatic carbocycles. The second-order valence-corrected chi connectivity index (χ2v) is 8.32. The molecule has 0 atom stereocenters. The van der Waals surface area contributed by atoms with E-state index in [9.17, 15) is 13.7 Å². The highest BCUT2D eigenvalue weighted by Gasteiger charge is 2.28. The standard InChI is InChI=1S/C16H20ClN3O4S/c1-19(2)9-4-10-25(22,23)16-18-11-14(20(16)3)15(24-21)12-5-7-13(17)8-6-12/h5-8,11H,4,9-10H2,1-3H3. The predicted octanol–water partition coefficient (Wildman–Crippen LogP) is 0.841. The molecule has 0 aliphatic carbocycles. The highest BCUT2D eigenvalue weighted by atomic mass is 35.5. The van der Waals surface area contributed by atoms with Gasteiger partial charge in [0, 0.05) is 12.1 Å². The molecular weight excluding hydrogens is 366 g/mol. The maximum Gasteiger partial charge on any atom is 0.408 e. The van der Waals surface area contributed by atoms with Crippen LogP contribution >= 0.6 is 11.6 Å². The van der Waals surface area contributed by atoms with Gasteiger partial charge in [0.2, 0.25) is 15.0 Å². The van der Waals surface area contributed by atoms with Crippen LogP contribution in [0.4, 0.5) is 0 Å². The summed E-state index contributed by atoms with van der Waals surface area (Å²) in [5.41, 5.74) is 0.766. The Hall–Kier alpha value is -1.90. The maximum atomic E-state index is 12.5. The molecule has 2 aromatic rings. The monoisotopic (exact) mass is 385 g/mol. The zero-order chi connectivity index (χ0) is 18.6. The lowest BCUT2D eigenvalue weighted by molar-refractivity contribution is -0.937. The van der Waals surface area contributed by atoms with Gasteiger partial charge in [-0.1, -0.05) is 11.6 Å². The van der Waals surface area contributed by atoms with E-state index in [-0.39, 0.29) is 22.4 Å². The fraction of sp³-hybridized carbons (Fsp3) is 0.375. The van der Waals surface area contributed by atoms with Crippen LogP contribution in [0.2, 0.25) is 5.02 Å². The minimum Gasteiger partial charge on any atom is -0.462 e. The van der Waals surface area contributed by atoms with Crippen LogP contribution in [0.25, 0.3) is 0 Å². The summed E-state index contributed by atoms with van der Waals surface area (Å²) in [6, 6.07) is 6.47. The second kappa shape index (κ2) is 7.99. The van der Waals surface area contributed by atoms with E-state index < -0.39 is 9.84 Å². The minimum absolute atomic E-state index is 0.0126. The largest absolute Gasteiger partial charge is 0.462 e. The van der Waals surface area contributed by atoms with Crippen molar-refractivity contribution >= 4 is 27.2 Å². The number of imidazole rings is 1. The van der Waals surface area contributed by atoms with E-state index in [1.54, 1.807) is 24.3 Å². The first-order valence-corrected chi connectivity index (χ1v) is 9.61. The van der Waals surface area contributed by atoms with Gasteiger partial charge in [-0.15, -0.1) is 0 Å². The molecule has 9 heteroatoms. The Labute approximate surface area is 152 Å². The van der Waals surface area contributed by atoms with Crippen LogP contribution < -0.4 is 5.26 Å². The number of halogens is 1. The first-order valence-electron chi connectivity index (χ1n) is 7.58. The number of sulfone groups is 1. The molecule has 0 unspecified atom stereocenters. The first kappa shape index (κ1) is 19.4. The summed E-state index contributed by atoms with van der Waals surface area (Å²) < 4.78 is 30.6. The number of hydrogen-bond acceptors (Lipinski definition) is 5. The molecule has 25 heavy (non-hydrogen) atoms. The van der Waals surface area contributed by atoms with Crippen LogP contribution in [0, 0.1) is 0 Å². The van der Waals surface area contributed by atoms with Crippen LogP contribution in [0.5, 0.6) is 0 Å². The molecule has 136 valence electrons. The molecule has 2 rings (SSSR count). The fourth-order valence-corrected chi connectivity index (χ4v) is 3.94. The average Bonchev–Trinajstić information content (AvgIpc) is 2.92.